The lowest BCUT2D eigenvalue weighted by atomic mass is 10.2. The number of imidazole rings is 1. The highest BCUT2D eigenvalue weighted by Gasteiger charge is 2.08. The number of anilines is 1. The van der Waals surface area contributed by atoms with Gasteiger partial charge in [0.05, 0.1) is 13.7 Å². The summed E-state index contributed by atoms with van der Waals surface area (Å²) in [6.07, 6.45) is 3.83. The van der Waals surface area contributed by atoms with Crippen molar-refractivity contribution in [2.24, 2.45) is 10.9 Å². The Kier molecular flexibility index (Phi) is 10.7. The summed E-state index contributed by atoms with van der Waals surface area (Å²) in [6.45, 7) is 11.2. The SMILES string of the molecule is CCNC(=NCc1nccn1CC(C)C)Nc1ccc(OC)c(OCC)c1.I. The van der Waals surface area contributed by atoms with Crippen LogP contribution in [0.15, 0.2) is 35.6 Å². The summed E-state index contributed by atoms with van der Waals surface area (Å²) in [5, 5.41) is 6.58. The van der Waals surface area contributed by atoms with E-state index in [0.29, 0.717) is 36.5 Å². The number of halogens is 1. The van der Waals surface area contributed by atoms with Crippen molar-refractivity contribution in [1.29, 1.82) is 0 Å². The minimum Gasteiger partial charge on any atom is -0.493 e. The Morgan fingerprint density at radius 3 is 2.68 bits per heavy atom. The molecule has 0 spiro atoms. The molecule has 0 fully saturated rings. The van der Waals surface area contributed by atoms with Crippen LogP contribution in [0.2, 0.25) is 0 Å². The smallest absolute Gasteiger partial charge is 0.196 e. The van der Waals surface area contributed by atoms with Crippen LogP contribution in [0.4, 0.5) is 5.69 Å². The number of benzene rings is 1. The fraction of sp³-hybridized carbons (Fsp3) is 0.500. The monoisotopic (exact) mass is 501 g/mol. The summed E-state index contributed by atoms with van der Waals surface area (Å²) in [7, 11) is 1.63. The van der Waals surface area contributed by atoms with E-state index in [9.17, 15) is 0 Å². The first-order chi connectivity index (χ1) is 13.1. The van der Waals surface area contributed by atoms with Crippen LogP contribution in [0.5, 0.6) is 11.5 Å². The van der Waals surface area contributed by atoms with Gasteiger partial charge in [-0.15, -0.1) is 24.0 Å². The van der Waals surface area contributed by atoms with Gasteiger partial charge in [0, 0.05) is 37.2 Å². The molecule has 2 rings (SSSR count). The van der Waals surface area contributed by atoms with E-state index in [1.807, 2.05) is 44.4 Å². The summed E-state index contributed by atoms with van der Waals surface area (Å²) >= 11 is 0. The highest BCUT2D eigenvalue weighted by molar-refractivity contribution is 14.0. The van der Waals surface area contributed by atoms with E-state index in [4.69, 9.17) is 9.47 Å². The van der Waals surface area contributed by atoms with Crippen LogP contribution < -0.4 is 20.1 Å². The number of ether oxygens (including phenoxy) is 2. The molecule has 0 saturated heterocycles. The Bertz CT molecular complexity index is 746. The molecule has 28 heavy (non-hydrogen) atoms. The number of guanidine groups is 1. The van der Waals surface area contributed by atoms with Crippen molar-refractivity contribution in [3.05, 3.63) is 36.4 Å². The molecule has 7 nitrogen and oxygen atoms in total. The predicted molar refractivity (Wildman–Crippen MR) is 125 cm³/mol. The zero-order valence-electron chi connectivity index (χ0n) is 17.4. The van der Waals surface area contributed by atoms with E-state index >= 15 is 0 Å². The Labute approximate surface area is 185 Å². The van der Waals surface area contributed by atoms with Crippen LogP contribution in [-0.2, 0) is 13.1 Å². The van der Waals surface area contributed by atoms with Crippen molar-refractivity contribution in [1.82, 2.24) is 14.9 Å². The number of hydrogen-bond donors (Lipinski definition) is 2. The van der Waals surface area contributed by atoms with Crippen molar-refractivity contribution in [2.45, 2.75) is 40.8 Å². The molecule has 1 heterocycles. The van der Waals surface area contributed by atoms with Crippen LogP contribution >= 0.6 is 24.0 Å². The zero-order chi connectivity index (χ0) is 19.6. The van der Waals surface area contributed by atoms with Crippen molar-refractivity contribution in [3.63, 3.8) is 0 Å². The first-order valence-corrected chi connectivity index (χ1v) is 9.43. The van der Waals surface area contributed by atoms with Crippen molar-refractivity contribution < 1.29 is 9.47 Å². The van der Waals surface area contributed by atoms with Crippen LogP contribution in [0.3, 0.4) is 0 Å². The quantitative estimate of drug-likeness (QED) is 0.307. The van der Waals surface area contributed by atoms with Crippen molar-refractivity contribution in [2.75, 3.05) is 25.6 Å². The zero-order valence-corrected chi connectivity index (χ0v) is 19.7. The van der Waals surface area contributed by atoms with E-state index in [1.54, 1.807) is 7.11 Å². The molecule has 2 aromatic rings. The molecular weight excluding hydrogens is 469 g/mol. The topological polar surface area (TPSA) is 72.7 Å². The molecule has 0 aliphatic rings. The average Bonchev–Trinajstić information content (AvgIpc) is 3.07. The minimum atomic E-state index is 0. The second-order valence-electron chi connectivity index (χ2n) is 6.51. The lowest BCUT2D eigenvalue weighted by Gasteiger charge is -2.15. The normalized spacial score (nSPS) is 11.1. The van der Waals surface area contributed by atoms with Crippen LogP contribution in [-0.4, -0.2) is 35.8 Å². The lowest BCUT2D eigenvalue weighted by molar-refractivity contribution is 0.311. The molecule has 1 aromatic heterocycles. The highest BCUT2D eigenvalue weighted by Crippen LogP contribution is 2.30. The molecule has 8 heteroatoms. The van der Waals surface area contributed by atoms with E-state index in [1.165, 1.54) is 0 Å². The predicted octanol–water partition coefficient (Wildman–Crippen LogP) is 4.14. The standard InChI is InChI=1S/C20H31N5O2.HI/c1-6-21-20(23-13-19-22-10-11-25(19)14-15(3)4)24-16-8-9-17(26-5)18(12-16)27-7-2;/h8-12,15H,6-7,13-14H2,1-5H3,(H2,21,23,24);1H. The van der Waals surface area contributed by atoms with Gasteiger partial charge in [0.1, 0.15) is 12.4 Å². The Morgan fingerprint density at radius 1 is 1.25 bits per heavy atom. The van der Waals surface area contributed by atoms with Gasteiger partial charge < -0.3 is 24.7 Å². The minimum absolute atomic E-state index is 0. The van der Waals surface area contributed by atoms with E-state index < -0.39 is 0 Å². The van der Waals surface area contributed by atoms with Gasteiger partial charge in [-0.25, -0.2) is 9.98 Å². The number of methoxy groups -OCH3 is 1. The first kappa shape index (κ1) is 24.1. The van der Waals surface area contributed by atoms with Gasteiger partial charge >= 0.3 is 0 Å². The Hall–Kier alpha value is -1.97. The second kappa shape index (κ2) is 12.5. The highest BCUT2D eigenvalue weighted by atomic mass is 127. The summed E-state index contributed by atoms with van der Waals surface area (Å²) < 4.78 is 13.1. The van der Waals surface area contributed by atoms with Crippen molar-refractivity contribution >= 4 is 35.6 Å². The average molecular weight is 501 g/mol. The number of nitrogens with zero attached hydrogens (tertiary/aromatic N) is 3. The molecule has 0 unspecified atom stereocenters. The molecule has 0 radical (unpaired) electrons. The van der Waals surface area contributed by atoms with Crippen LogP contribution in [0, 0.1) is 5.92 Å². The molecule has 2 N–H and O–H groups in total. The van der Waals surface area contributed by atoms with Gasteiger partial charge in [0.2, 0.25) is 0 Å². The third-order valence-electron chi connectivity index (χ3n) is 3.81. The summed E-state index contributed by atoms with van der Waals surface area (Å²) in [6, 6.07) is 5.73. The summed E-state index contributed by atoms with van der Waals surface area (Å²) in [5.74, 6) is 3.62. The van der Waals surface area contributed by atoms with E-state index in [0.717, 1.165) is 24.6 Å². The summed E-state index contributed by atoms with van der Waals surface area (Å²) in [5.41, 5.74) is 0.879. The molecular formula is C20H32IN5O2. The van der Waals surface area contributed by atoms with Crippen LogP contribution in [0.25, 0.3) is 0 Å². The van der Waals surface area contributed by atoms with Gasteiger partial charge in [0.25, 0.3) is 0 Å². The first-order valence-electron chi connectivity index (χ1n) is 9.43. The fourth-order valence-electron chi connectivity index (χ4n) is 2.67. The molecule has 0 aliphatic carbocycles. The number of nitrogens with one attached hydrogen (secondary N) is 2. The fourth-order valence-corrected chi connectivity index (χ4v) is 2.67. The number of hydrogen-bond acceptors (Lipinski definition) is 4. The second-order valence-corrected chi connectivity index (χ2v) is 6.51. The number of aliphatic imine (C=N–C) groups is 1. The Morgan fingerprint density at radius 2 is 2.04 bits per heavy atom. The molecule has 0 bridgehead atoms. The lowest BCUT2D eigenvalue weighted by Crippen LogP contribution is -2.30. The third-order valence-corrected chi connectivity index (χ3v) is 3.81. The molecule has 0 amide bonds. The van der Waals surface area contributed by atoms with Gasteiger partial charge in [-0.2, -0.15) is 0 Å². The molecule has 0 aliphatic heterocycles. The molecule has 156 valence electrons. The van der Waals surface area contributed by atoms with Crippen LogP contribution in [0.1, 0.15) is 33.5 Å². The number of rotatable bonds is 9. The molecule has 0 saturated carbocycles. The maximum absolute atomic E-state index is 5.64. The third kappa shape index (κ3) is 7.21. The molecule has 0 atom stereocenters. The van der Waals surface area contributed by atoms with E-state index in [-0.39, 0.29) is 24.0 Å². The number of aromatic nitrogens is 2. The largest absolute Gasteiger partial charge is 0.493 e. The van der Waals surface area contributed by atoms with Gasteiger partial charge in [0.15, 0.2) is 17.5 Å². The maximum Gasteiger partial charge on any atom is 0.196 e. The van der Waals surface area contributed by atoms with Gasteiger partial charge in [-0.3, -0.25) is 0 Å². The summed E-state index contributed by atoms with van der Waals surface area (Å²) in [4.78, 5) is 9.11. The van der Waals surface area contributed by atoms with Crippen molar-refractivity contribution in [3.8, 4) is 11.5 Å². The maximum atomic E-state index is 5.64. The van der Waals surface area contributed by atoms with E-state index in [2.05, 4.69) is 39.0 Å². The van der Waals surface area contributed by atoms with Gasteiger partial charge in [-0.05, 0) is 31.9 Å². The van der Waals surface area contributed by atoms with Gasteiger partial charge in [-0.1, -0.05) is 13.8 Å². The Balaban J connectivity index is 0.00000392. The molecule has 1 aromatic carbocycles.